The van der Waals surface area contributed by atoms with Crippen LogP contribution in [0.2, 0.25) is 0 Å². The van der Waals surface area contributed by atoms with Crippen molar-refractivity contribution in [2.24, 2.45) is 0 Å². The number of benzene rings is 1. The average Bonchev–Trinajstić information content (AvgIpc) is 3.16. The predicted octanol–water partition coefficient (Wildman–Crippen LogP) is 0.954. The molecule has 1 aromatic rings. The fourth-order valence-electron chi connectivity index (χ4n) is 3.69. The maximum atomic E-state index is 12.0. The first-order chi connectivity index (χ1) is 17.8. The van der Waals surface area contributed by atoms with Gasteiger partial charge in [0.2, 0.25) is 29.5 Å². The van der Waals surface area contributed by atoms with Crippen molar-refractivity contribution in [3.63, 3.8) is 0 Å². The van der Waals surface area contributed by atoms with Crippen molar-refractivity contribution in [2.45, 2.75) is 50.7 Å². The third-order valence-corrected chi connectivity index (χ3v) is 6.79. The number of rotatable bonds is 17. The second-order valence-corrected chi connectivity index (χ2v) is 9.85. The third kappa shape index (κ3) is 11.8. The summed E-state index contributed by atoms with van der Waals surface area (Å²) in [5.41, 5.74) is 2.43. The number of ether oxygens (including phenoxy) is 1. The highest BCUT2D eigenvalue weighted by atomic mass is 32.2. The Morgan fingerprint density at radius 3 is 2.19 bits per heavy atom. The monoisotopic (exact) mass is 534 g/mol. The summed E-state index contributed by atoms with van der Waals surface area (Å²) in [6.07, 6.45) is 4.26. The van der Waals surface area contributed by atoms with E-state index in [1.807, 2.05) is 6.92 Å². The maximum absolute atomic E-state index is 12.0. The molecule has 204 valence electrons. The molecule has 0 aliphatic carbocycles. The third-order valence-electron chi connectivity index (χ3n) is 5.85. The van der Waals surface area contributed by atoms with Crippen molar-refractivity contribution >= 4 is 41.3 Å². The summed E-state index contributed by atoms with van der Waals surface area (Å²) in [6.45, 7) is 3.56. The molecule has 0 saturated carbocycles. The standard InChI is InChI=1S/C26H38N4O6S/c1-19-6-8-20(9-7-19)4-3-5-22(31)27-12-13-28-24(33)11-16-36-17-14-29-23(32)10-15-30-25(34)18-21(37-2)26(30)35/h6-9,21H,3-5,10-18H2,1-2H3,(H,27,31)(H,28,33)(H,29,32). The highest BCUT2D eigenvalue weighted by Gasteiger charge is 2.37. The van der Waals surface area contributed by atoms with Gasteiger partial charge in [0.15, 0.2) is 0 Å². The van der Waals surface area contributed by atoms with E-state index in [9.17, 15) is 24.0 Å². The molecule has 37 heavy (non-hydrogen) atoms. The number of amides is 5. The number of likely N-dealkylation sites (tertiary alicyclic amines) is 1. The van der Waals surface area contributed by atoms with Crippen LogP contribution in [0.3, 0.4) is 0 Å². The Morgan fingerprint density at radius 2 is 1.54 bits per heavy atom. The summed E-state index contributed by atoms with van der Waals surface area (Å²) in [5.74, 6) is -0.958. The van der Waals surface area contributed by atoms with Gasteiger partial charge in [0.25, 0.3) is 0 Å². The molecule has 2 rings (SSSR count). The van der Waals surface area contributed by atoms with Crippen molar-refractivity contribution < 1.29 is 28.7 Å². The molecule has 1 aromatic carbocycles. The van der Waals surface area contributed by atoms with Gasteiger partial charge < -0.3 is 20.7 Å². The first-order valence-corrected chi connectivity index (χ1v) is 13.9. The molecule has 1 aliphatic rings. The second-order valence-electron chi connectivity index (χ2n) is 8.81. The highest BCUT2D eigenvalue weighted by molar-refractivity contribution is 8.00. The Morgan fingerprint density at radius 1 is 0.919 bits per heavy atom. The molecule has 3 N–H and O–H groups in total. The quantitative estimate of drug-likeness (QED) is 0.200. The van der Waals surface area contributed by atoms with Gasteiger partial charge in [-0.05, 0) is 31.6 Å². The van der Waals surface area contributed by atoms with Gasteiger partial charge in [0.05, 0.1) is 18.5 Å². The lowest BCUT2D eigenvalue weighted by molar-refractivity contribution is -0.138. The molecule has 11 heteroatoms. The summed E-state index contributed by atoms with van der Waals surface area (Å²) in [6, 6.07) is 8.28. The largest absolute Gasteiger partial charge is 0.379 e. The number of nitrogens with zero attached hydrogens (tertiary/aromatic N) is 1. The summed E-state index contributed by atoms with van der Waals surface area (Å²) in [5, 5.41) is 7.85. The Hall–Kier alpha value is -2.92. The van der Waals surface area contributed by atoms with Crippen LogP contribution in [0.4, 0.5) is 0 Å². The summed E-state index contributed by atoms with van der Waals surface area (Å²) < 4.78 is 5.36. The van der Waals surface area contributed by atoms with E-state index in [-0.39, 0.29) is 80.4 Å². The van der Waals surface area contributed by atoms with Crippen molar-refractivity contribution in [3.05, 3.63) is 35.4 Å². The lowest BCUT2D eigenvalue weighted by Gasteiger charge is -2.14. The van der Waals surface area contributed by atoms with E-state index in [1.54, 1.807) is 6.26 Å². The van der Waals surface area contributed by atoms with Crippen LogP contribution < -0.4 is 16.0 Å². The van der Waals surface area contributed by atoms with Gasteiger partial charge in [-0.1, -0.05) is 29.8 Å². The van der Waals surface area contributed by atoms with Gasteiger partial charge in [-0.15, -0.1) is 0 Å². The number of thioether (sulfide) groups is 1. The number of carbonyl (C=O) groups excluding carboxylic acids is 5. The van der Waals surface area contributed by atoms with Crippen LogP contribution in [-0.4, -0.2) is 85.3 Å². The lowest BCUT2D eigenvalue weighted by Crippen LogP contribution is -2.36. The zero-order valence-corrected chi connectivity index (χ0v) is 22.5. The highest BCUT2D eigenvalue weighted by Crippen LogP contribution is 2.22. The molecule has 1 aliphatic heterocycles. The zero-order chi connectivity index (χ0) is 27.0. The normalized spacial score (nSPS) is 15.1. The molecule has 1 saturated heterocycles. The lowest BCUT2D eigenvalue weighted by atomic mass is 10.1. The number of hydrogen-bond donors (Lipinski definition) is 3. The summed E-state index contributed by atoms with van der Waals surface area (Å²) >= 11 is 1.34. The molecule has 0 aromatic heterocycles. The van der Waals surface area contributed by atoms with Crippen molar-refractivity contribution in [1.82, 2.24) is 20.9 Å². The molecule has 0 spiro atoms. The number of carbonyl (C=O) groups is 5. The SMILES string of the molecule is CSC1CC(=O)N(CCC(=O)NCCOCCC(=O)NCCNC(=O)CCCc2ccc(C)cc2)C1=O. The minimum absolute atomic E-state index is 0.0328. The van der Waals surface area contributed by atoms with Crippen LogP contribution in [0.5, 0.6) is 0 Å². The van der Waals surface area contributed by atoms with Crippen LogP contribution >= 0.6 is 11.8 Å². The molecule has 5 amide bonds. The van der Waals surface area contributed by atoms with E-state index < -0.39 is 0 Å². The Bertz CT molecular complexity index is 924. The molecular formula is C26H38N4O6S. The molecule has 1 atom stereocenters. The number of nitrogens with one attached hydrogen (secondary N) is 3. The van der Waals surface area contributed by atoms with Gasteiger partial charge >= 0.3 is 0 Å². The first-order valence-electron chi connectivity index (χ1n) is 12.6. The number of aryl methyl sites for hydroxylation is 2. The van der Waals surface area contributed by atoms with Gasteiger partial charge in [-0.3, -0.25) is 28.9 Å². The van der Waals surface area contributed by atoms with E-state index in [1.165, 1.54) is 22.9 Å². The van der Waals surface area contributed by atoms with Gasteiger partial charge in [-0.25, -0.2) is 0 Å². The van der Waals surface area contributed by atoms with Crippen molar-refractivity contribution in [3.8, 4) is 0 Å². The molecule has 1 fully saturated rings. The van der Waals surface area contributed by atoms with E-state index in [0.717, 1.165) is 17.7 Å². The molecule has 10 nitrogen and oxygen atoms in total. The van der Waals surface area contributed by atoms with E-state index in [4.69, 9.17) is 4.74 Å². The minimum atomic E-state index is -0.348. The van der Waals surface area contributed by atoms with Crippen LogP contribution in [0.25, 0.3) is 0 Å². The topological polar surface area (TPSA) is 134 Å². The fraction of sp³-hybridized carbons (Fsp3) is 0.577. The fourth-order valence-corrected chi connectivity index (χ4v) is 4.33. The summed E-state index contributed by atoms with van der Waals surface area (Å²) in [7, 11) is 0. The average molecular weight is 535 g/mol. The molecule has 1 unspecified atom stereocenters. The number of imide groups is 1. The van der Waals surface area contributed by atoms with Crippen LogP contribution in [0, 0.1) is 6.92 Å². The van der Waals surface area contributed by atoms with Crippen LogP contribution in [0.1, 0.15) is 43.2 Å². The van der Waals surface area contributed by atoms with Gasteiger partial charge in [0, 0.05) is 51.9 Å². The zero-order valence-electron chi connectivity index (χ0n) is 21.7. The first kappa shape index (κ1) is 30.3. The van der Waals surface area contributed by atoms with Crippen LogP contribution in [-0.2, 0) is 35.1 Å². The van der Waals surface area contributed by atoms with Crippen LogP contribution in [0.15, 0.2) is 24.3 Å². The van der Waals surface area contributed by atoms with Crippen molar-refractivity contribution in [1.29, 1.82) is 0 Å². The van der Waals surface area contributed by atoms with E-state index >= 15 is 0 Å². The van der Waals surface area contributed by atoms with E-state index in [2.05, 4.69) is 40.2 Å². The summed E-state index contributed by atoms with van der Waals surface area (Å²) in [4.78, 5) is 60.7. The Labute approximate surface area is 222 Å². The molecular weight excluding hydrogens is 496 g/mol. The van der Waals surface area contributed by atoms with Gasteiger partial charge in [0.1, 0.15) is 0 Å². The smallest absolute Gasteiger partial charge is 0.242 e. The molecule has 0 radical (unpaired) electrons. The molecule has 0 bridgehead atoms. The molecule has 1 heterocycles. The van der Waals surface area contributed by atoms with E-state index in [0.29, 0.717) is 19.5 Å². The number of hydrogen-bond acceptors (Lipinski definition) is 7. The Kier molecular flexibility index (Phi) is 13.7. The Balaban J connectivity index is 1.40. The maximum Gasteiger partial charge on any atom is 0.242 e. The predicted molar refractivity (Wildman–Crippen MR) is 142 cm³/mol. The minimum Gasteiger partial charge on any atom is -0.379 e. The van der Waals surface area contributed by atoms with Gasteiger partial charge in [-0.2, -0.15) is 11.8 Å². The van der Waals surface area contributed by atoms with Crippen molar-refractivity contribution in [2.75, 3.05) is 45.6 Å². The second kappa shape index (κ2) is 16.8.